The lowest BCUT2D eigenvalue weighted by molar-refractivity contribution is -0.136. The van der Waals surface area contributed by atoms with E-state index in [9.17, 15) is 26.4 Å². The number of aromatic nitrogens is 1. The summed E-state index contributed by atoms with van der Waals surface area (Å²) in [5.41, 5.74) is -1.87. The topological polar surface area (TPSA) is 77.4 Å². The maximum atomic E-state index is 13.4. The smallest absolute Gasteiger partial charge is 0.417 e. The van der Waals surface area contributed by atoms with Crippen molar-refractivity contribution in [2.75, 3.05) is 11.8 Å². The van der Waals surface area contributed by atoms with Crippen molar-refractivity contribution in [3.63, 3.8) is 0 Å². The van der Waals surface area contributed by atoms with Crippen molar-refractivity contribution < 1.29 is 26.3 Å². The second-order valence-corrected chi connectivity index (χ2v) is 7.65. The molecule has 6 nitrogen and oxygen atoms in total. The standard InChI is InChI=1S/C18H15F3N2O4S/c1-23-16-7-6-13(9-14(16)15(10-17(23)24)18(19,20)21)28(25,26)22-11-4-3-5-12(8-11)27-2/h3-10,22H,1-2H3. The predicted molar refractivity (Wildman–Crippen MR) is 98.0 cm³/mol. The van der Waals surface area contributed by atoms with Crippen LogP contribution in [0, 0.1) is 0 Å². The van der Waals surface area contributed by atoms with Gasteiger partial charge in [0, 0.05) is 24.6 Å². The average Bonchev–Trinajstić information content (AvgIpc) is 2.63. The molecule has 1 N–H and O–H groups in total. The minimum atomic E-state index is -4.81. The maximum absolute atomic E-state index is 13.4. The quantitative estimate of drug-likeness (QED) is 0.713. The molecule has 0 aliphatic heterocycles. The summed E-state index contributed by atoms with van der Waals surface area (Å²) < 4.78 is 73.7. The number of fused-ring (bicyclic) bond motifs is 1. The van der Waals surface area contributed by atoms with Crippen LogP contribution in [0.15, 0.2) is 58.2 Å². The van der Waals surface area contributed by atoms with Crippen LogP contribution in [-0.4, -0.2) is 20.1 Å². The van der Waals surface area contributed by atoms with Gasteiger partial charge >= 0.3 is 6.18 Å². The van der Waals surface area contributed by atoms with Crippen LogP contribution in [0.1, 0.15) is 5.56 Å². The number of nitrogens with one attached hydrogen (secondary N) is 1. The zero-order chi connectivity index (χ0) is 20.7. The minimum absolute atomic E-state index is 0.0276. The summed E-state index contributed by atoms with van der Waals surface area (Å²) >= 11 is 0. The molecule has 0 radical (unpaired) electrons. The molecule has 0 atom stereocenters. The van der Waals surface area contributed by atoms with E-state index >= 15 is 0 Å². The van der Waals surface area contributed by atoms with Gasteiger partial charge in [0.05, 0.1) is 28.8 Å². The lowest BCUT2D eigenvalue weighted by Gasteiger charge is -2.15. The number of hydrogen-bond donors (Lipinski definition) is 1. The number of aryl methyl sites for hydroxylation is 1. The first-order chi connectivity index (χ1) is 13.0. The van der Waals surface area contributed by atoms with Crippen molar-refractivity contribution >= 4 is 26.6 Å². The molecular weight excluding hydrogens is 397 g/mol. The van der Waals surface area contributed by atoms with Gasteiger partial charge < -0.3 is 9.30 Å². The summed E-state index contributed by atoms with van der Waals surface area (Å²) in [6.45, 7) is 0. The van der Waals surface area contributed by atoms with Gasteiger partial charge in [0.25, 0.3) is 15.6 Å². The van der Waals surface area contributed by atoms with Crippen LogP contribution < -0.4 is 15.0 Å². The molecule has 0 saturated heterocycles. The molecule has 0 bridgehead atoms. The number of nitrogens with zero attached hydrogens (tertiary/aromatic N) is 1. The Kier molecular flexibility index (Phi) is 4.84. The fraction of sp³-hybridized carbons (Fsp3) is 0.167. The molecule has 0 aliphatic carbocycles. The summed E-state index contributed by atoms with van der Waals surface area (Å²) in [5, 5.41) is -0.386. The number of alkyl halides is 3. The van der Waals surface area contributed by atoms with Gasteiger partial charge in [-0.15, -0.1) is 0 Å². The third-order valence-electron chi connectivity index (χ3n) is 4.16. The Morgan fingerprint density at radius 1 is 1.07 bits per heavy atom. The van der Waals surface area contributed by atoms with Crippen LogP contribution in [0.2, 0.25) is 0 Å². The van der Waals surface area contributed by atoms with E-state index in [0.717, 1.165) is 16.7 Å². The molecule has 0 spiro atoms. The molecule has 0 aliphatic rings. The Balaban J connectivity index is 2.15. The monoisotopic (exact) mass is 412 g/mol. The van der Waals surface area contributed by atoms with Gasteiger partial charge in [0.15, 0.2) is 0 Å². The molecular formula is C18H15F3N2O4S. The number of rotatable bonds is 4. The van der Waals surface area contributed by atoms with Gasteiger partial charge in [-0.05, 0) is 30.3 Å². The van der Waals surface area contributed by atoms with Crippen LogP contribution >= 0.6 is 0 Å². The molecule has 3 rings (SSSR count). The third kappa shape index (κ3) is 3.68. The number of pyridine rings is 1. The Morgan fingerprint density at radius 3 is 2.43 bits per heavy atom. The van der Waals surface area contributed by atoms with E-state index in [1.807, 2.05) is 0 Å². The Bertz CT molecular complexity index is 1220. The summed E-state index contributed by atoms with van der Waals surface area (Å²) in [6, 6.07) is 9.76. The number of sulfonamides is 1. The Hall–Kier alpha value is -3.01. The molecule has 0 amide bonds. The Morgan fingerprint density at radius 2 is 1.79 bits per heavy atom. The molecule has 0 saturated carbocycles. The zero-order valence-electron chi connectivity index (χ0n) is 14.7. The van der Waals surface area contributed by atoms with Gasteiger partial charge in [-0.3, -0.25) is 9.52 Å². The molecule has 0 fully saturated rings. The summed E-state index contributed by atoms with van der Waals surface area (Å²) in [6.07, 6.45) is -4.81. The van der Waals surface area contributed by atoms with E-state index in [1.165, 1.54) is 32.4 Å². The molecule has 28 heavy (non-hydrogen) atoms. The van der Waals surface area contributed by atoms with E-state index in [1.54, 1.807) is 12.1 Å². The minimum Gasteiger partial charge on any atom is -0.497 e. The second-order valence-electron chi connectivity index (χ2n) is 5.97. The van der Waals surface area contributed by atoms with E-state index in [4.69, 9.17) is 4.74 Å². The average molecular weight is 412 g/mol. The SMILES string of the molecule is COc1cccc(NS(=O)(=O)c2ccc3c(c2)c(C(F)(F)F)cc(=O)n3C)c1. The first kappa shape index (κ1) is 19.7. The third-order valence-corrected chi connectivity index (χ3v) is 5.53. The normalized spacial score (nSPS) is 12.2. The fourth-order valence-corrected chi connectivity index (χ4v) is 3.82. The molecule has 3 aromatic rings. The molecule has 1 aromatic heterocycles. The predicted octanol–water partition coefficient (Wildman–Crippen LogP) is 3.37. The van der Waals surface area contributed by atoms with Crippen molar-refractivity contribution in [2.24, 2.45) is 7.05 Å². The van der Waals surface area contributed by atoms with Crippen molar-refractivity contribution in [3.8, 4) is 5.75 Å². The number of benzene rings is 2. The van der Waals surface area contributed by atoms with Crippen LogP contribution in [-0.2, 0) is 23.2 Å². The van der Waals surface area contributed by atoms with Gasteiger partial charge in [-0.1, -0.05) is 6.07 Å². The zero-order valence-corrected chi connectivity index (χ0v) is 15.6. The summed E-state index contributed by atoms with van der Waals surface area (Å²) in [5.74, 6) is 0.410. The van der Waals surface area contributed by atoms with Gasteiger partial charge in [0.1, 0.15) is 5.75 Å². The second kappa shape index (κ2) is 6.86. The highest BCUT2D eigenvalue weighted by Gasteiger charge is 2.34. The highest BCUT2D eigenvalue weighted by Crippen LogP contribution is 2.34. The fourth-order valence-electron chi connectivity index (χ4n) is 2.74. The molecule has 1 heterocycles. The molecule has 148 valence electrons. The first-order valence-electron chi connectivity index (χ1n) is 7.91. The van der Waals surface area contributed by atoms with Gasteiger partial charge in [0.2, 0.25) is 0 Å². The number of methoxy groups -OCH3 is 1. The van der Waals surface area contributed by atoms with Gasteiger partial charge in [-0.2, -0.15) is 13.2 Å². The van der Waals surface area contributed by atoms with E-state index < -0.39 is 27.3 Å². The van der Waals surface area contributed by atoms with Crippen LogP contribution in [0.4, 0.5) is 18.9 Å². The Labute approximate surface area is 158 Å². The van der Waals surface area contributed by atoms with Gasteiger partial charge in [-0.25, -0.2) is 8.42 Å². The lowest BCUT2D eigenvalue weighted by Crippen LogP contribution is -2.21. The maximum Gasteiger partial charge on any atom is 0.417 e. The highest BCUT2D eigenvalue weighted by atomic mass is 32.2. The molecule has 0 unspecified atom stereocenters. The van der Waals surface area contributed by atoms with Crippen molar-refractivity contribution in [3.05, 3.63) is 64.4 Å². The van der Waals surface area contributed by atoms with Crippen LogP contribution in [0.3, 0.4) is 0 Å². The highest BCUT2D eigenvalue weighted by molar-refractivity contribution is 7.92. The van der Waals surface area contributed by atoms with Crippen LogP contribution in [0.5, 0.6) is 5.75 Å². The number of halogens is 3. The van der Waals surface area contributed by atoms with Crippen molar-refractivity contribution in [1.82, 2.24) is 4.57 Å². The number of anilines is 1. The molecule has 2 aromatic carbocycles. The van der Waals surface area contributed by atoms with E-state index in [0.29, 0.717) is 11.8 Å². The number of hydrogen-bond acceptors (Lipinski definition) is 4. The van der Waals surface area contributed by atoms with Crippen molar-refractivity contribution in [1.29, 1.82) is 0 Å². The van der Waals surface area contributed by atoms with E-state index in [-0.39, 0.29) is 21.5 Å². The first-order valence-corrected chi connectivity index (χ1v) is 9.39. The van der Waals surface area contributed by atoms with E-state index in [2.05, 4.69) is 4.72 Å². The largest absolute Gasteiger partial charge is 0.497 e. The lowest BCUT2D eigenvalue weighted by atomic mass is 10.1. The van der Waals surface area contributed by atoms with Crippen molar-refractivity contribution in [2.45, 2.75) is 11.1 Å². The summed E-state index contributed by atoms with van der Waals surface area (Å²) in [4.78, 5) is 11.4. The van der Waals surface area contributed by atoms with Crippen LogP contribution in [0.25, 0.3) is 10.9 Å². The molecule has 10 heteroatoms. The number of ether oxygens (including phenoxy) is 1. The summed E-state index contributed by atoms with van der Waals surface area (Å²) in [7, 11) is -1.45.